The van der Waals surface area contributed by atoms with Crippen molar-refractivity contribution in [3.8, 4) is 0 Å². The molecule has 1 fully saturated rings. The zero-order valence-corrected chi connectivity index (χ0v) is 18.5. The average Bonchev–Trinajstić information content (AvgIpc) is 2.95. The van der Waals surface area contributed by atoms with Gasteiger partial charge in [0.15, 0.2) is 0 Å². The number of hydrogen-bond acceptors (Lipinski definition) is 5. The molecule has 1 unspecified atom stereocenters. The van der Waals surface area contributed by atoms with Gasteiger partial charge in [-0.3, -0.25) is 14.4 Å². The number of rotatable bonds is 8. The topological polar surface area (TPSA) is 117 Å². The van der Waals surface area contributed by atoms with Gasteiger partial charge in [-0.25, -0.2) is 4.79 Å². The first-order chi connectivity index (χ1) is 13.3. The third kappa shape index (κ3) is 9.62. The predicted octanol–water partition coefficient (Wildman–Crippen LogP) is 1.17. The van der Waals surface area contributed by atoms with E-state index in [4.69, 9.17) is 4.74 Å². The summed E-state index contributed by atoms with van der Waals surface area (Å²) in [4.78, 5) is 49.2. The van der Waals surface area contributed by atoms with Crippen LogP contribution in [0.3, 0.4) is 0 Å². The summed E-state index contributed by atoms with van der Waals surface area (Å²) in [5.74, 6) is -0.632. The second-order valence-electron chi connectivity index (χ2n) is 9.25. The van der Waals surface area contributed by atoms with Gasteiger partial charge in [0, 0.05) is 44.6 Å². The first-order valence-electron chi connectivity index (χ1n) is 10.1. The molecule has 1 rings (SSSR count). The molecule has 29 heavy (non-hydrogen) atoms. The Labute approximate surface area is 173 Å². The molecule has 4 amide bonds. The minimum Gasteiger partial charge on any atom is -0.444 e. The first-order valence-corrected chi connectivity index (χ1v) is 10.1. The highest BCUT2D eigenvalue weighted by molar-refractivity contribution is 5.89. The third-order valence-electron chi connectivity index (χ3n) is 4.30. The van der Waals surface area contributed by atoms with Gasteiger partial charge in [-0.05, 0) is 48.0 Å². The molecule has 0 aromatic rings. The molecule has 1 atom stereocenters. The van der Waals surface area contributed by atoms with Crippen LogP contribution in [0.1, 0.15) is 60.8 Å². The third-order valence-corrected chi connectivity index (χ3v) is 4.30. The van der Waals surface area contributed by atoms with E-state index in [1.165, 1.54) is 0 Å². The van der Waals surface area contributed by atoms with Gasteiger partial charge >= 0.3 is 6.09 Å². The van der Waals surface area contributed by atoms with Crippen LogP contribution >= 0.6 is 0 Å². The second-order valence-corrected chi connectivity index (χ2v) is 9.25. The molecule has 0 aliphatic carbocycles. The number of carbonyl (C=O) groups excluding carboxylic acids is 4. The molecule has 0 aromatic heterocycles. The summed E-state index contributed by atoms with van der Waals surface area (Å²) in [6.07, 6.45) is 0.423. The van der Waals surface area contributed by atoms with E-state index in [9.17, 15) is 19.2 Å². The van der Waals surface area contributed by atoms with Crippen LogP contribution in [0, 0.1) is 5.92 Å². The summed E-state index contributed by atoms with van der Waals surface area (Å²) >= 11 is 0. The average molecular weight is 413 g/mol. The second kappa shape index (κ2) is 10.5. The lowest BCUT2D eigenvalue weighted by atomic mass is 10.1. The fourth-order valence-electron chi connectivity index (χ4n) is 2.88. The number of likely N-dealkylation sites (tertiary alicyclic amines) is 1. The maximum Gasteiger partial charge on any atom is 0.407 e. The maximum absolute atomic E-state index is 12.2. The zero-order chi connectivity index (χ0) is 22.2. The summed E-state index contributed by atoms with van der Waals surface area (Å²) < 4.78 is 5.08. The molecule has 1 aliphatic heterocycles. The lowest BCUT2D eigenvalue weighted by Crippen LogP contribution is -2.43. The predicted molar refractivity (Wildman–Crippen MR) is 109 cm³/mol. The summed E-state index contributed by atoms with van der Waals surface area (Å²) in [6.45, 7) is 12.6. The van der Waals surface area contributed by atoms with E-state index in [1.54, 1.807) is 25.7 Å². The van der Waals surface area contributed by atoms with E-state index in [0.717, 1.165) is 0 Å². The van der Waals surface area contributed by atoms with Crippen molar-refractivity contribution in [2.75, 3.05) is 26.2 Å². The highest BCUT2D eigenvalue weighted by Crippen LogP contribution is 2.25. The van der Waals surface area contributed by atoms with Crippen LogP contribution in [0.15, 0.2) is 0 Å². The van der Waals surface area contributed by atoms with Gasteiger partial charge in [-0.1, -0.05) is 0 Å². The summed E-state index contributed by atoms with van der Waals surface area (Å²) in [6, 6.07) is 0. The van der Waals surface area contributed by atoms with Gasteiger partial charge in [0.05, 0.1) is 5.92 Å². The minimum atomic E-state index is -0.576. The molecule has 0 spiro atoms. The molecule has 0 saturated carbocycles. The van der Waals surface area contributed by atoms with Crippen molar-refractivity contribution in [3.05, 3.63) is 0 Å². The van der Waals surface area contributed by atoms with E-state index >= 15 is 0 Å². The van der Waals surface area contributed by atoms with Crippen molar-refractivity contribution in [2.45, 2.75) is 71.9 Å². The normalized spacial score (nSPS) is 17.1. The number of alkyl carbamates (subject to hydrolysis) is 1. The fraction of sp³-hybridized carbons (Fsp3) is 0.800. The smallest absolute Gasteiger partial charge is 0.407 e. The standard InChI is InChI=1S/C20H36N4O5/c1-19(2,3)24-13-14(12-16(24)26)17(27)22-10-7-9-21-15(25)8-11-23-18(28)29-20(4,5)6/h14H,7-13H2,1-6H3,(H,21,25)(H,22,27)(H,23,28). The summed E-state index contributed by atoms with van der Waals surface area (Å²) in [7, 11) is 0. The van der Waals surface area contributed by atoms with Gasteiger partial charge in [0.2, 0.25) is 17.7 Å². The van der Waals surface area contributed by atoms with Gasteiger partial charge in [0.25, 0.3) is 0 Å². The number of nitrogens with zero attached hydrogens (tertiary/aromatic N) is 1. The Morgan fingerprint density at radius 3 is 2.17 bits per heavy atom. The van der Waals surface area contributed by atoms with Crippen LogP contribution in [0.5, 0.6) is 0 Å². The Balaban J connectivity index is 2.13. The van der Waals surface area contributed by atoms with E-state index < -0.39 is 11.7 Å². The van der Waals surface area contributed by atoms with Gasteiger partial charge in [-0.2, -0.15) is 0 Å². The molecule has 9 heteroatoms. The molecule has 166 valence electrons. The van der Waals surface area contributed by atoms with Crippen molar-refractivity contribution >= 4 is 23.8 Å². The van der Waals surface area contributed by atoms with Crippen LogP contribution in [-0.4, -0.2) is 66.0 Å². The number of nitrogens with one attached hydrogen (secondary N) is 3. The molecule has 1 saturated heterocycles. The summed E-state index contributed by atoms with van der Waals surface area (Å²) in [5, 5.41) is 8.09. The zero-order valence-electron chi connectivity index (χ0n) is 18.5. The Hall–Kier alpha value is -2.32. The van der Waals surface area contributed by atoms with E-state index in [1.807, 2.05) is 20.8 Å². The first kappa shape index (κ1) is 24.7. The Morgan fingerprint density at radius 1 is 1.00 bits per heavy atom. The van der Waals surface area contributed by atoms with Crippen LogP contribution in [0.4, 0.5) is 4.79 Å². The van der Waals surface area contributed by atoms with Gasteiger partial charge < -0.3 is 25.6 Å². The molecule has 0 radical (unpaired) electrons. The Morgan fingerprint density at radius 2 is 1.62 bits per heavy atom. The summed E-state index contributed by atoms with van der Waals surface area (Å²) in [5.41, 5.74) is -0.859. The number of hydrogen-bond donors (Lipinski definition) is 3. The molecule has 1 heterocycles. The van der Waals surface area contributed by atoms with E-state index in [2.05, 4.69) is 16.0 Å². The molecule has 1 aliphatic rings. The molecular formula is C20H36N4O5. The monoisotopic (exact) mass is 412 g/mol. The Bertz CT molecular complexity index is 607. The van der Waals surface area contributed by atoms with Crippen molar-refractivity contribution < 1.29 is 23.9 Å². The highest BCUT2D eigenvalue weighted by Gasteiger charge is 2.39. The van der Waals surface area contributed by atoms with E-state index in [0.29, 0.717) is 26.1 Å². The van der Waals surface area contributed by atoms with Crippen molar-refractivity contribution in [1.82, 2.24) is 20.9 Å². The van der Waals surface area contributed by atoms with Crippen LogP contribution in [0.25, 0.3) is 0 Å². The van der Waals surface area contributed by atoms with Crippen molar-refractivity contribution in [2.24, 2.45) is 5.92 Å². The van der Waals surface area contributed by atoms with Gasteiger partial charge in [0.1, 0.15) is 5.60 Å². The van der Waals surface area contributed by atoms with Crippen LogP contribution < -0.4 is 16.0 Å². The van der Waals surface area contributed by atoms with E-state index in [-0.39, 0.29) is 48.6 Å². The van der Waals surface area contributed by atoms with Crippen LogP contribution in [-0.2, 0) is 19.1 Å². The van der Waals surface area contributed by atoms with Crippen molar-refractivity contribution in [3.63, 3.8) is 0 Å². The molecule has 3 N–H and O–H groups in total. The molecule has 0 bridgehead atoms. The Kier molecular flexibility index (Phi) is 8.91. The van der Waals surface area contributed by atoms with Crippen LogP contribution in [0.2, 0.25) is 0 Å². The molecule has 0 aromatic carbocycles. The molecular weight excluding hydrogens is 376 g/mol. The van der Waals surface area contributed by atoms with Gasteiger partial charge in [-0.15, -0.1) is 0 Å². The maximum atomic E-state index is 12.2. The fourth-order valence-corrected chi connectivity index (χ4v) is 2.88. The lowest BCUT2D eigenvalue weighted by Gasteiger charge is -2.31. The quantitative estimate of drug-likeness (QED) is 0.518. The molecule has 9 nitrogen and oxygen atoms in total. The number of ether oxygens (including phenoxy) is 1. The SMILES string of the molecule is CC(C)(C)OC(=O)NCCC(=O)NCCCNC(=O)C1CC(=O)N(C(C)(C)C)C1. The number of amides is 4. The largest absolute Gasteiger partial charge is 0.444 e. The minimum absolute atomic E-state index is 0.00454. The highest BCUT2D eigenvalue weighted by atomic mass is 16.6. The lowest BCUT2D eigenvalue weighted by molar-refractivity contribution is -0.132. The number of carbonyl (C=O) groups is 4. The van der Waals surface area contributed by atoms with Crippen molar-refractivity contribution in [1.29, 1.82) is 0 Å².